The summed E-state index contributed by atoms with van der Waals surface area (Å²) in [5.74, 6) is -0.787. The van der Waals surface area contributed by atoms with Gasteiger partial charge in [-0.2, -0.15) is 0 Å². The number of carbonyl (C=O) groups is 1. The minimum Gasteiger partial charge on any atom is -0.508 e. The van der Waals surface area contributed by atoms with Gasteiger partial charge in [-0.15, -0.1) is 0 Å². The maximum atomic E-state index is 10.2. The van der Waals surface area contributed by atoms with Crippen LogP contribution in [0.25, 0.3) is 0 Å². The Balaban J connectivity index is 0.00000150. The van der Waals surface area contributed by atoms with E-state index in [0.29, 0.717) is 37.5 Å². The van der Waals surface area contributed by atoms with Crippen molar-refractivity contribution in [2.24, 2.45) is 0 Å². The fourth-order valence-electron chi connectivity index (χ4n) is 3.67. The Labute approximate surface area is 214 Å². The Hall–Kier alpha value is -2.49. The highest BCUT2D eigenvalue weighted by atomic mass is 16.5. The lowest BCUT2D eigenvalue weighted by Gasteiger charge is -2.14. The van der Waals surface area contributed by atoms with Gasteiger partial charge in [0.25, 0.3) is 5.97 Å². The summed E-state index contributed by atoms with van der Waals surface area (Å²) in [4.78, 5) is 9.00. The van der Waals surface area contributed by atoms with Crippen LogP contribution in [-0.4, -0.2) is 59.3 Å². The summed E-state index contributed by atoms with van der Waals surface area (Å²) in [7, 11) is 0. The lowest BCUT2D eigenvalue weighted by molar-refractivity contribution is -0.134. The van der Waals surface area contributed by atoms with Crippen LogP contribution in [0.5, 0.6) is 5.75 Å². The highest BCUT2D eigenvalue weighted by Gasteiger charge is 2.09. The number of hydrogen-bond acceptors (Lipinski definition) is 7. The van der Waals surface area contributed by atoms with E-state index in [1.165, 1.54) is 22.8 Å². The van der Waals surface area contributed by atoms with Crippen molar-refractivity contribution in [2.75, 3.05) is 32.9 Å². The largest absolute Gasteiger partial charge is 0.508 e. The molecule has 0 aliphatic heterocycles. The number of benzene rings is 2. The highest BCUT2D eigenvalue weighted by Crippen LogP contribution is 2.22. The number of rotatable bonds is 16. The maximum Gasteiger partial charge on any atom is 0.300 e. The summed E-state index contributed by atoms with van der Waals surface area (Å²) >= 11 is 0. The molecular formula is C28H43NO7. The number of hydrogen-bond donors (Lipinski definition) is 5. The Kier molecular flexibility index (Phi) is 16.4. The van der Waals surface area contributed by atoms with E-state index in [2.05, 4.69) is 37.4 Å². The Morgan fingerprint density at radius 1 is 0.944 bits per heavy atom. The van der Waals surface area contributed by atoms with Crippen LogP contribution in [0, 0.1) is 13.8 Å². The molecule has 0 radical (unpaired) electrons. The number of phenols is 1. The number of ether oxygens (including phenoxy) is 2. The smallest absolute Gasteiger partial charge is 0.300 e. The van der Waals surface area contributed by atoms with Gasteiger partial charge in [0.2, 0.25) is 0 Å². The number of carboxylic acids is 1. The third kappa shape index (κ3) is 14.8. The molecule has 1 atom stereocenters. The van der Waals surface area contributed by atoms with Crippen molar-refractivity contribution in [1.29, 1.82) is 0 Å². The van der Waals surface area contributed by atoms with Gasteiger partial charge in [-0.25, -0.2) is 0 Å². The van der Waals surface area contributed by atoms with Crippen molar-refractivity contribution in [1.82, 2.24) is 5.32 Å². The molecule has 0 bridgehead atoms. The van der Waals surface area contributed by atoms with E-state index in [1.54, 1.807) is 12.1 Å². The van der Waals surface area contributed by atoms with E-state index in [-0.39, 0.29) is 12.4 Å². The van der Waals surface area contributed by atoms with E-state index < -0.39 is 12.1 Å². The number of aliphatic carboxylic acids is 1. The van der Waals surface area contributed by atoms with Gasteiger partial charge in [0.05, 0.1) is 32.5 Å². The zero-order valence-electron chi connectivity index (χ0n) is 21.8. The molecule has 0 saturated heterocycles. The second kappa shape index (κ2) is 18.7. The van der Waals surface area contributed by atoms with Crippen molar-refractivity contribution >= 4 is 5.97 Å². The van der Waals surface area contributed by atoms with Gasteiger partial charge in [-0.05, 0) is 56.5 Å². The van der Waals surface area contributed by atoms with Crippen LogP contribution in [0.4, 0.5) is 0 Å². The summed E-state index contributed by atoms with van der Waals surface area (Å²) in [6, 6.07) is 11.3. The minimum absolute atomic E-state index is 0.0465. The van der Waals surface area contributed by atoms with Crippen LogP contribution < -0.4 is 5.32 Å². The van der Waals surface area contributed by atoms with Gasteiger partial charge in [-0.3, -0.25) is 4.79 Å². The third-order valence-corrected chi connectivity index (χ3v) is 5.31. The first-order valence-corrected chi connectivity index (χ1v) is 12.5. The molecule has 0 aliphatic carbocycles. The number of nitrogens with one attached hydrogen (secondary N) is 1. The van der Waals surface area contributed by atoms with Crippen LogP contribution in [0.15, 0.2) is 36.4 Å². The maximum absolute atomic E-state index is 10.2. The van der Waals surface area contributed by atoms with Crippen molar-refractivity contribution in [3.05, 3.63) is 64.2 Å². The molecule has 0 aromatic heterocycles. The second-order valence-electron chi connectivity index (χ2n) is 8.86. The molecule has 8 nitrogen and oxygen atoms in total. The molecule has 202 valence electrons. The molecule has 36 heavy (non-hydrogen) atoms. The van der Waals surface area contributed by atoms with Gasteiger partial charge in [0, 0.05) is 25.6 Å². The molecular weight excluding hydrogens is 462 g/mol. The molecule has 0 aliphatic rings. The fraction of sp³-hybridized carbons (Fsp3) is 0.536. The van der Waals surface area contributed by atoms with Gasteiger partial charge >= 0.3 is 0 Å². The first kappa shape index (κ1) is 31.5. The average molecular weight is 506 g/mol. The number of aromatic hydroxyl groups is 1. The van der Waals surface area contributed by atoms with Crippen LogP contribution >= 0.6 is 0 Å². The first-order valence-electron chi connectivity index (χ1n) is 12.5. The summed E-state index contributed by atoms with van der Waals surface area (Å²) in [5.41, 5.74) is 4.85. The molecule has 0 fully saturated rings. The van der Waals surface area contributed by atoms with Crippen LogP contribution in [0.3, 0.4) is 0 Å². The number of aliphatic hydroxyl groups excluding tert-OH is 2. The molecule has 0 heterocycles. The Bertz CT molecular complexity index is 864. The van der Waals surface area contributed by atoms with Crippen LogP contribution in [-0.2, 0) is 27.5 Å². The minimum atomic E-state index is -0.833. The highest BCUT2D eigenvalue weighted by molar-refractivity contribution is 5.62. The van der Waals surface area contributed by atoms with Gasteiger partial charge in [0.1, 0.15) is 5.75 Å². The quantitative estimate of drug-likeness (QED) is 0.217. The number of unbranched alkanes of at least 4 members (excludes halogenated alkanes) is 3. The molecule has 0 saturated carbocycles. The fourth-order valence-corrected chi connectivity index (χ4v) is 3.67. The number of aryl methyl sites for hydroxylation is 2. The Morgan fingerprint density at radius 3 is 2.25 bits per heavy atom. The van der Waals surface area contributed by atoms with E-state index in [9.17, 15) is 15.3 Å². The molecule has 2 rings (SSSR count). The normalized spacial score (nSPS) is 11.6. The van der Waals surface area contributed by atoms with E-state index >= 15 is 0 Å². The molecule has 0 amide bonds. The SMILES string of the molecule is CC(=O)O.Cc1cc(C)cc(COCCOCCCCCCNC[C@H](O)c2ccc(O)c(CO)c2)c1. The van der Waals surface area contributed by atoms with Gasteiger partial charge in [0.15, 0.2) is 0 Å². The zero-order valence-corrected chi connectivity index (χ0v) is 21.8. The van der Waals surface area contributed by atoms with Gasteiger partial charge < -0.3 is 35.2 Å². The van der Waals surface area contributed by atoms with E-state index in [1.807, 2.05) is 0 Å². The molecule has 2 aromatic carbocycles. The zero-order chi connectivity index (χ0) is 26.8. The molecule has 5 N–H and O–H groups in total. The predicted molar refractivity (Wildman–Crippen MR) is 140 cm³/mol. The number of aliphatic hydroxyl groups is 2. The van der Waals surface area contributed by atoms with Gasteiger partial charge in [-0.1, -0.05) is 48.2 Å². The van der Waals surface area contributed by atoms with Crippen molar-refractivity contribution < 1.29 is 34.7 Å². The molecule has 0 spiro atoms. The standard InChI is InChI=1S/C26H39NO5.C2H4O2/c1-20-13-21(2)15-22(14-20)19-32-12-11-31-10-6-4-3-5-9-27-17-26(30)23-7-8-25(29)24(16-23)18-28;1-2(3)4/h7-8,13-16,26-30H,3-6,9-12,17-19H2,1-2H3;1H3,(H,3,4)/t26-;/m0./s1. The summed E-state index contributed by atoms with van der Waals surface area (Å²) in [6.45, 7) is 8.95. The number of carboxylic acid groups (broad SMARTS) is 1. The van der Waals surface area contributed by atoms with Crippen molar-refractivity contribution in [3.8, 4) is 5.75 Å². The van der Waals surface area contributed by atoms with Crippen molar-refractivity contribution in [3.63, 3.8) is 0 Å². The second-order valence-corrected chi connectivity index (χ2v) is 8.86. The topological polar surface area (TPSA) is 128 Å². The lowest BCUT2D eigenvalue weighted by Crippen LogP contribution is -2.22. The third-order valence-electron chi connectivity index (χ3n) is 5.31. The Morgan fingerprint density at radius 2 is 1.58 bits per heavy atom. The molecule has 8 heteroatoms. The van der Waals surface area contributed by atoms with Crippen molar-refractivity contribution in [2.45, 2.75) is 65.8 Å². The van der Waals surface area contributed by atoms with E-state index in [4.69, 9.17) is 19.4 Å². The average Bonchev–Trinajstić information content (AvgIpc) is 2.81. The predicted octanol–water partition coefficient (Wildman–Crippen LogP) is 4.01. The van der Waals surface area contributed by atoms with Crippen LogP contribution in [0.1, 0.15) is 66.5 Å². The molecule has 2 aromatic rings. The monoisotopic (exact) mass is 505 g/mol. The van der Waals surface area contributed by atoms with E-state index in [0.717, 1.165) is 45.8 Å². The summed E-state index contributed by atoms with van der Waals surface area (Å²) in [5, 5.41) is 39.7. The molecule has 0 unspecified atom stereocenters. The van der Waals surface area contributed by atoms with Crippen LogP contribution in [0.2, 0.25) is 0 Å². The summed E-state index contributed by atoms with van der Waals surface area (Å²) < 4.78 is 11.3. The lowest BCUT2D eigenvalue weighted by atomic mass is 10.1. The summed E-state index contributed by atoms with van der Waals surface area (Å²) in [6.07, 6.45) is 3.65. The first-order chi connectivity index (χ1) is 17.2.